The van der Waals surface area contributed by atoms with Gasteiger partial charge in [-0.2, -0.15) is 0 Å². The van der Waals surface area contributed by atoms with Gasteiger partial charge in [-0.25, -0.2) is 14.4 Å². The lowest BCUT2D eigenvalue weighted by atomic mass is 9.98. The zero-order valence-electron chi connectivity index (χ0n) is 31.8. The normalized spacial score (nSPS) is 18.3. The molecule has 0 aliphatic carbocycles. The number of carbonyl (C=O) groups is 4. The summed E-state index contributed by atoms with van der Waals surface area (Å²) in [6.45, 7) is 20.1. The van der Waals surface area contributed by atoms with Gasteiger partial charge in [-0.15, -0.1) is 0 Å². The maximum atomic E-state index is 13.6. The minimum atomic E-state index is -2.34. The molecule has 12 nitrogen and oxygen atoms in total. The van der Waals surface area contributed by atoms with Gasteiger partial charge < -0.3 is 34.4 Å². The molecule has 2 aromatic carbocycles. The van der Waals surface area contributed by atoms with Crippen molar-refractivity contribution in [2.75, 3.05) is 13.1 Å². The Morgan fingerprint density at radius 2 is 1.61 bits per heavy atom. The molecule has 0 radical (unpaired) electrons. The van der Waals surface area contributed by atoms with E-state index in [1.54, 1.807) is 32.9 Å². The van der Waals surface area contributed by atoms with Crippen LogP contribution >= 0.6 is 0 Å². The number of hydrogen-bond acceptors (Lipinski definition) is 8. The average molecular weight is 728 g/mol. The van der Waals surface area contributed by atoms with Crippen LogP contribution in [0.1, 0.15) is 85.5 Å². The first-order valence-corrected chi connectivity index (χ1v) is 20.5. The molecule has 1 fully saturated rings. The first kappa shape index (κ1) is 41.3. The van der Waals surface area contributed by atoms with Gasteiger partial charge in [-0.05, 0) is 68.1 Å². The molecule has 51 heavy (non-hydrogen) atoms. The maximum absolute atomic E-state index is 13.6. The van der Waals surface area contributed by atoms with Crippen LogP contribution in [-0.2, 0) is 30.1 Å². The van der Waals surface area contributed by atoms with E-state index in [1.807, 2.05) is 56.3 Å². The highest BCUT2D eigenvalue weighted by molar-refractivity contribution is 6.74. The van der Waals surface area contributed by atoms with Gasteiger partial charge in [0, 0.05) is 19.5 Å². The van der Waals surface area contributed by atoms with Crippen molar-refractivity contribution in [3.63, 3.8) is 0 Å². The summed E-state index contributed by atoms with van der Waals surface area (Å²) in [6, 6.07) is 14.4. The summed E-state index contributed by atoms with van der Waals surface area (Å²) in [5.41, 5.74) is 0.864. The summed E-state index contributed by atoms with van der Waals surface area (Å²) in [5.74, 6) is -1.25. The molecule has 1 aliphatic heterocycles. The number of hydrogen-bond donors (Lipinski definition) is 3. The van der Waals surface area contributed by atoms with Crippen molar-refractivity contribution in [2.24, 2.45) is 5.92 Å². The molecular formula is C38H57N3O9Si. The molecule has 2 unspecified atom stereocenters. The standard InChI is InChI=1S/C38H57N3O9Si/c1-11-25(2)31(40-35(45)47-24-26-15-13-12-14-16-26)33(42)39-23-30(50-51(9,10)38(6,7)8)27-17-19-28(20-18-27)48-29-21-22-41(32(29)34(43)44)36(46)49-37(3,4)5/h12-20,25,29-32H,11,21-24H2,1-10H3,(H,39,42)(H,40,45)(H,43,44)/t25?,29-,30?,31-,32-/m0/s1. The largest absolute Gasteiger partial charge is 0.488 e. The van der Waals surface area contributed by atoms with Crippen molar-refractivity contribution in [3.05, 3.63) is 65.7 Å². The Kier molecular flexibility index (Phi) is 14.1. The van der Waals surface area contributed by atoms with Crippen molar-refractivity contribution in [1.29, 1.82) is 0 Å². The summed E-state index contributed by atoms with van der Waals surface area (Å²) in [5, 5.41) is 15.6. The Morgan fingerprint density at radius 3 is 2.16 bits per heavy atom. The number of ether oxygens (including phenoxy) is 3. The van der Waals surface area contributed by atoms with Gasteiger partial charge in [-0.3, -0.25) is 9.69 Å². The molecular weight excluding hydrogens is 671 g/mol. The van der Waals surface area contributed by atoms with Crippen molar-refractivity contribution >= 4 is 32.4 Å². The van der Waals surface area contributed by atoms with E-state index in [2.05, 4.69) is 44.5 Å². The number of carbonyl (C=O) groups excluding carboxylic acids is 3. The maximum Gasteiger partial charge on any atom is 0.411 e. The fourth-order valence-electron chi connectivity index (χ4n) is 5.30. The van der Waals surface area contributed by atoms with Gasteiger partial charge in [-0.1, -0.05) is 83.5 Å². The van der Waals surface area contributed by atoms with Crippen LogP contribution in [-0.4, -0.2) is 79.3 Å². The highest BCUT2D eigenvalue weighted by Crippen LogP contribution is 2.40. The van der Waals surface area contributed by atoms with Gasteiger partial charge in [0.05, 0.1) is 6.10 Å². The number of rotatable bonds is 14. The topological polar surface area (TPSA) is 153 Å². The van der Waals surface area contributed by atoms with Crippen molar-refractivity contribution in [1.82, 2.24) is 15.5 Å². The fraction of sp³-hybridized carbons (Fsp3) is 0.579. The number of amides is 3. The number of carboxylic acids is 1. The van der Waals surface area contributed by atoms with E-state index >= 15 is 0 Å². The smallest absolute Gasteiger partial charge is 0.411 e. The molecule has 3 N–H and O–H groups in total. The molecule has 1 aliphatic rings. The van der Waals surface area contributed by atoms with E-state index in [0.717, 1.165) is 11.1 Å². The fourth-order valence-corrected chi connectivity index (χ4v) is 6.58. The molecule has 0 spiro atoms. The predicted octanol–water partition coefficient (Wildman–Crippen LogP) is 7.05. The van der Waals surface area contributed by atoms with Gasteiger partial charge >= 0.3 is 18.2 Å². The summed E-state index contributed by atoms with van der Waals surface area (Å²) in [7, 11) is -2.34. The summed E-state index contributed by atoms with van der Waals surface area (Å²) in [6.07, 6.45) is -1.69. The van der Waals surface area contributed by atoms with Crippen molar-refractivity contribution in [3.8, 4) is 5.75 Å². The molecule has 3 rings (SSSR count). The van der Waals surface area contributed by atoms with Gasteiger partial charge in [0.1, 0.15) is 30.1 Å². The molecule has 2 aromatic rings. The Bertz CT molecular complexity index is 1470. The van der Waals surface area contributed by atoms with Crippen LogP contribution in [0.25, 0.3) is 0 Å². The number of nitrogens with zero attached hydrogens (tertiary/aromatic N) is 1. The van der Waals surface area contributed by atoms with Gasteiger partial charge in [0.15, 0.2) is 14.4 Å². The summed E-state index contributed by atoms with van der Waals surface area (Å²) >= 11 is 0. The lowest BCUT2D eigenvalue weighted by Gasteiger charge is -2.39. The summed E-state index contributed by atoms with van der Waals surface area (Å²) < 4.78 is 23.8. The number of alkyl carbamates (subject to hydrolysis) is 1. The number of likely N-dealkylation sites (tertiary alicyclic amines) is 1. The molecule has 0 aromatic heterocycles. The Balaban J connectivity index is 1.75. The van der Waals surface area contributed by atoms with Crippen LogP contribution in [0.3, 0.4) is 0 Å². The minimum absolute atomic E-state index is 0.0867. The number of nitrogens with one attached hydrogen (secondary N) is 2. The first-order valence-electron chi connectivity index (χ1n) is 17.6. The van der Waals surface area contributed by atoms with E-state index in [9.17, 15) is 24.3 Å². The van der Waals surface area contributed by atoms with E-state index in [-0.39, 0.29) is 36.6 Å². The molecule has 282 valence electrons. The quantitative estimate of drug-likeness (QED) is 0.174. The van der Waals surface area contributed by atoms with Crippen LogP contribution in [0.2, 0.25) is 18.1 Å². The van der Waals surface area contributed by atoms with Crippen LogP contribution < -0.4 is 15.4 Å². The predicted molar refractivity (Wildman–Crippen MR) is 197 cm³/mol. The minimum Gasteiger partial charge on any atom is -0.488 e. The van der Waals surface area contributed by atoms with Crippen LogP contribution in [0.4, 0.5) is 9.59 Å². The Hall–Kier alpha value is -4.10. The lowest BCUT2D eigenvalue weighted by Crippen LogP contribution is -2.51. The van der Waals surface area contributed by atoms with Gasteiger partial charge in [0.25, 0.3) is 0 Å². The highest BCUT2D eigenvalue weighted by Gasteiger charge is 2.45. The lowest BCUT2D eigenvalue weighted by molar-refractivity contribution is -0.144. The third-order valence-electron chi connectivity index (χ3n) is 9.45. The molecule has 0 saturated carbocycles. The molecule has 1 saturated heterocycles. The second-order valence-electron chi connectivity index (χ2n) is 15.7. The SMILES string of the molecule is CCC(C)[C@H](NC(=O)OCc1ccccc1)C(=O)NCC(O[Si](C)(C)C(C)(C)C)c1ccc(O[C@H]2CCN(C(=O)OC(C)(C)C)[C@@H]2C(=O)O)cc1. The molecule has 5 atom stereocenters. The number of carboxylic acid groups (broad SMARTS) is 1. The molecule has 0 bridgehead atoms. The van der Waals surface area contributed by atoms with Crippen LogP contribution in [0.15, 0.2) is 54.6 Å². The number of aliphatic carboxylic acids is 1. The third-order valence-corrected chi connectivity index (χ3v) is 13.9. The second kappa shape index (κ2) is 17.4. The van der Waals surface area contributed by atoms with E-state index < -0.39 is 56.4 Å². The zero-order chi connectivity index (χ0) is 38.1. The first-order chi connectivity index (χ1) is 23.7. The van der Waals surface area contributed by atoms with E-state index in [0.29, 0.717) is 18.6 Å². The molecule has 13 heteroatoms. The second-order valence-corrected chi connectivity index (χ2v) is 20.4. The van der Waals surface area contributed by atoms with Crippen molar-refractivity contribution in [2.45, 2.75) is 123 Å². The third kappa shape index (κ3) is 12.0. The van der Waals surface area contributed by atoms with Crippen LogP contribution in [0.5, 0.6) is 5.75 Å². The average Bonchev–Trinajstić information content (AvgIpc) is 3.47. The monoisotopic (exact) mass is 727 g/mol. The Labute approximate surface area is 303 Å². The van der Waals surface area contributed by atoms with E-state index in [4.69, 9.17) is 18.6 Å². The molecule has 1 heterocycles. The van der Waals surface area contributed by atoms with Gasteiger partial charge in [0.2, 0.25) is 5.91 Å². The highest BCUT2D eigenvalue weighted by atomic mass is 28.4. The number of benzene rings is 2. The van der Waals surface area contributed by atoms with E-state index in [1.165, 1.54) is 4.90 Å². The van der Waals surface area contributed by atoms with Crippen LogP contribution in [0, 0.1) is 5.92 Å². The summed E-state index contributed by atoms with van der Waals surface area (Å²) in [4.78, 5) is 52.5. The van der Waals surface area contributed by atoms with Crippen molar-refractivity contribution < 1.29 is 42.9 Å². The molecule has 3 amide bonds. The zero-order valence-corrected chi connectivity index (χ0v) is 32.8. The Morgan fingerprint density at radius 1 is 0.980 bits per heavy atom.